The van der Waals surface area contributed by atoms with Gasteiger partial charge in [0.15, 0.2) is 0 Å². The molecule has 0 aliphatic rings. The molecule has 0 heterocycles. The van der Waals surface area contributed by atoms with Crippen molar-refractivity contribution in [2.45, 2.75) is 39.7 Å². The Balaban J connectivity index is 4.26. The molecule has 1 amide bonds. The Kier molecular flexibility index (Phi) is 7.34. The van der Waals surface area contributed by atoms with E-state index in [4.69, 9.17) is 10.8 Å². The molecular weight excluding hydrogens is 192 g/mol. The van der Waals surface area contributed by atoms with Crippen molar-refractivity contribution in [1.82, 2.24) is 4.90 Å². The highest BCUT2D eigenvalue weighted by molar-refractivity contribution is 5.81. The molecule has 90 valence electrons. The van der Waals surface area contributed by atoms with Crippen LogP contribution in [0.4, 0.5) is 0 Å². The topological polar surface area (TPSA) is 66.6 Å². The number of carbonyl (C=O) groups is 1. The minimum absolute atomic E-state index is 0.000267. The van der Waals surface area contributed by atoms with Crippen LogP contribution in [-0.2, 0) is 4.79 Å². The summed E-state index contributed by atoms with van der Waals surface area (Å²) in [7, 11) is 0. The Morgan fingerprint density at radius 1 is 1.40 bits per heavy atom. The maximum absolute atomic E-state index is 11.9. The van der Waals surface area contributed by atoms with Crippen LogP contribution in [0, 0.1) is 5.92 Å². The molecule has 15 heavy (non-hydrogen) atoms. The Morgan fingerprint density at radius 3 is 2.40 bits per heavy atom. The Labute approximate surface area is 92.4 Å². The maximum Gasteiger partial charge on any atom is 0.239 e. The van der Waals surface area contributed by atoms with E-state index in [9.17, 15) is 4.79 Å². The average Bonchev–Trinajstić information content (AvgIpc) is 2.22. The molecule has 1 atom stereocenters. The Bertz CT molecular complexity index is 183. The summed E-state index contributed by atoms with van der Waals surface area (Å²) >= 11 is 0. The van der Waals surface area contributed by atoms with Gasteiger partial charge in [0.1, 0.15) is 0 Å². The van der Waals surface area contributed by atoms with Gasteiger partial charge in [-0.1, -0.05) is 27.2 Å². The smallest absolute Gasteiger partial charge is 0.239 e. The van der Waals surface area contributed by atoms with E-state index in [0.717, 1.165) is 12.8 Å². The van der Waals surface area contributed by atoms with E-state index in [2.05, 4.69) is 6.92 Å². The first-order valence-electron chi connectivity index (χ1n) is 5.69. The van der Waals surface area contributed by atoms with Crippen LogP contribution in [0.15, 0.2) is 0 Å². The van der Waals surface area contributed by atoms with Gasteiger partial charge in [0, 0.05) is 13.1 Å². The SMILES string of the molecule is CCCCN(CCO)C(=O)[C@@H](N)C(C)C. The van der Waals surface area contributed by atoms with Gasteiger partial charge in [-0.25, -0.2) is 0 Å². The fourth-order valence-electron chi connectivity index (χ4n) is 1.30. The molecule has 0 saturated carbocycles. The van der Waals surface area contributed by atoms with Crippen molar-refractivity contribution >= 4 is 5.91 Å². The highest BCUT2D eigenvalue weighted by Gasteiger charge is 2.22. The van der Waals surface area contributed by atoms with E-state index >= 15 is 0 Å². The number of unbranched alkanes of at least 4 members (excludes halogenated alkanes) is 1. The summed E-state index contributed by atoms with van der Waals surface area (Å²) in [6.07, 6.45) is 1.99. The monoisotopic (exact) mass is 216 g/mol. The molecule has 0 bridgehead atoms. The van der Waals surface area contributed by atoms with E-state index in [1.807, 2.05) is 13.8 Å². The number of carbonyl (C=O) groups excluding carboxylic acids is 1. The van der Waals surface area contributed by atoms with E-state index in [0.29, 0.717) is 13.1 Å². The van der Waals surface area contributed by atoms with E-state index < -0.39 is 6.04 Å². The average molecular weight is 216 g/mol. The third-order valence-electron chi connectivity index (χ3n) is 2.47. The molecule has 0 saturated heterocycles. The van der Waals surface area contributed by atoms with Gasteiger partial charge in [-0.2, -0.15) is 0 Å². The lowest BCUT2D eigenvalue weighted by Gasteiger charge is -2.26. The third-order valence-corrected chi connectivity index (χ3v) is 2.47. The second-order valence-electron chi connectivity index (χ2n) is 4.17. The molecule has 0 spiro atoms. The zero-order valence-electron chi connectivity index (χ0n) is 10.1. The largest absolute Gasteiger partial charge is 0.395 e. The van der Waals surface area contributed by atoms with Crippen LogP contribution in [0.3, 0.4) is 0 Å². The lowest BCUT2D eigenvalue weighted by atomic mass is 10.0. The first-order chi connectivity index (χ1) is 7.04. The van der Waals surface area contributed by atoms with Crippen molar-refractivity contribution in [2.75, 3.05) is 19.7 Å². The zero-order chi connectivity index (χ0) is 11.8. The summed E-state index contributed by atoms with van der Waals surface area (Å²) in [4.78, 5) is 13.5. The van der Waals surface area contributed by atoms with Gasteiger partial charge in [-0.05, 0) is 12.3 Å². The van der Waals surface area contributed by atoms with Crippen molar-refractivity contribution in [3.05, 3.63) is 0 Å². The van der Waals surface area contributed by atoms with Crippen molar-refractivity contribution in [2.24, 2.45) is 11.7 Å². The summed E-state index contributed by atoms with van der Waals surface area (Å²) in [6.45, 7) is 7.01. The fourth-order valence-corrected chi connectivity index (χ4v) is 1.30. The number of aliphatic hydroxyl groups excluding tert-OH is 1. The maximum atomic E-state index is 11.9. The molecule has 4 heteroatoms. The summed E-state index contributed by atoms with van der Waals surface area (Å²) in [5.74, 6) is 0.0906. The van der Waals surface area contributed by atoms with Crippen LogP contribution >= 0.6 is 0 Å². The molecule has 0 aromatic rings. The van der Waals surface area contributed by atoms with Crippen molar-refractivity contribution in [3.8, 4) is 0 Å². The van der Waals surface area contributed by atoms with Crippen molar-refractivity contribution in [1.29, 1.82) is 0 Å². The molecule has 3 N–H and O–H groups in total. The molecule has 0 aromatic heterocycles. The third kappa shape index (κ3) is 5.14. The van der Waals surface area contributed by atoms with Gasteiger partial charge in [0.2, 0.25) is 5.91 Å². The van der Waals surface area contributed by atoms with Crippen LogP contribution in [0.1, 0.15) is 33.6 Å². The van der Waals surface area contributed by atoms with E-state index in [1.54, 1.807) is 4.90 Å². The van der Waals surface area contributed by atoms with E-state index in [1.165, 1.54) is 0 Å². The van der Waals surface area contributed by atoms with Gasteiger partial charge in [-0.3, -0.25) is 4.79 Å². The molecule has 0 aliphatic heterocycles. The minimum atomic E-state index is -0.451. The first-order valence-corrected chi connectivity index (χ1v) is 5.69. The lowest BCUT2D eigenvalue weighted by molar-refractivity contribution is -0.134. The number of amides is 1. The van der Waals surface area contributed by atoms with Crippen LogP contribution in [0.2, 0.25) is 0 Å². The summed E-state index contributed by atoms with van der Waals surface area (Å²) < 4.78 is 0. The normalized spacial score (nSPS) is 12.9. The molecule has 0 aromatic carbocycles. The number of nitrogens with zero attached hydrogens (tertiary/aromatic N) is 1. The predicted octanol–water partition coefficient (Wildman–Crippen LogP) is 0.591. The second-order valence-corrected chi connectivity index (χ2v) is 4.17. The summed E-state index contributed by atoms with van der Waals surface area (Å²) in [5.41, 5.74) is 5.79. The van der Waals surface area contributed by atoms with Gasteiger partial charge >= 0.3 is 0 Å². The molecule has 0 aliphatic carbocycles. The lowest BCUT2D eigenvalue weighted by Crippen LogP contribution is -2.47. The van der Waals surface area contributed by atoms with Crippen LogP contribution in [-0.4, -0.2) is 41.7 Å². The molecule has 0 unspecified atom stereocenters. The second kappa shape index (κ2) is 7.65. The van der Waals surface area contributed by atoms with Crippen LogP contribution in [0.5, 0.6) is 0 Å². The highest BCUT2D eigenvalue weighted by atomic mass is 16.3. The Morgan fingerprint density at radius 2 is 2.00 bits per heavy atom. The molecular formula is C11H24N2O2. The number of rotatable bonds is 7. The molecule has 0 radical (unpaired) electrons. The van der Waals surface area contributed by atoms with Crippen molar-refractivity contribution < 1.29 is 9.90 Å². The fraction of sp³-hybridized carbons (Fsp3) is 0.909. The Hall–Kier alpha value is -0.610. The first kappa shape index (κ1) is 14.4. The number of aliphatic hydroxyl groups is 1. The molecule has 0 fully saturated rings. The standard InChI is InChI=1S/C11H24N2O2/c1-4-5-6-13(7-8-14)11(15)10(12)9(2)3/h9-10,14H,4-8,12H2,1-3H3/t10-/m0/s1. The molecule has 4 nitrogen and oxygen atoms in total. The van der Waals surface area contributed by atoms with Crippen molar-refractivity contribution in [3.63, 3.8) is 0 Å². The highest BCUT2D eigenvalue weighted by Crippen LogP contribution is 2.04. The quantitative estimate of drug-likeness (QED) is 0.654. The molecule has 0 rings (SSSR count). The van der Waals surface area contributed by atoms with Crippen LogP contribution in [0.25, 0.3) is 0 Å². The van der Waals surface area contributed by atoms with Gasteiger partial charge in [-0.15, -0.1) is 0 Å². The zero-order valence-corrected chi connectivity index (χ0v) is 10.1. The summed E-state index contributed by atoms with van der Waals surface area (Å²) in [6, 6.07) is -0.451. The summed E-state index contributed by atoms with van der Waals surface area (Å²) in [5, 5.41) is 8.87. The van der Waals surface area contributed by atoms with Gasteiger partial charge in [0.25, 0.3) is 0 Å². The minimum Gasteiger partial charge on any atom is -0.395 e. The van der Waals surface area contributed by atoms with Gasteiger partial charge < -0.3 is 15.7 Å². The van der Waals surface area contributed by atoms with E-state index in [-0.39, 0.29) is 18.4 Å². The number of hydrogen-bond acceptors (Lipinski definition) is 3. The van der Waals surface area contributed by atoms with Gasteiger partial charge in [0.05, 0.1) is 12.6 Å². The van der Waals surface area contributed by atoms with Crippen LogP contribution < -0.4 is 5.73 Å². The number of hydrogen-bond donors (Lipinski definition) is 2. The number of nitrogens with two attached hydrogens (primary N) is 1. The predicted molar refractivity (Wildman–Crippen MR) is 61.4 cm³/mol.